The molecule has 3 heteroatoms. The van der Waals surface area contributed by atoms with E-state index in [-0.39, 0.29) is 11.0 Å². The van der Waals surface area contributed by atoms with Gasteiger partial charge in [-0.05, 0) is 36.3 Å². The van der Waals surface area contributed by atoms with Gasteiger partial charge in [-0.1, -0.05) is 20.8 Å². The van der Waals surface area contributed by atoms with Crippen LogP contribution in [0.2, 0.25) is 0 Å². The zero-order valence-corrected chi connectivity index (χ0v) is 12.6. The highest BCUT2D eigenvalue weighted by atomic mass is 16.4. The molecular weight excluding hydrogens is 264 g/mol. The molecule has 0 atom stereocenters. The van der Waals surface area contributed by atoms with Crippen LogP contribution in [0.3, 0.4) is 0 Å². The van der Waals surface area contributed by atoms with E-state index in [1.807, 2.05) is 12.3 Å². The summed E-state index contributed by atoms with van der Waals surface area (Å²) in [5.74, 6) is 0. The van der Waals surface area contributed by atoms with Crippen molar-refractivity contribution in [2.24, 2.45) is 0 Å². The van der Waals surface area contributed by atoms with Crippen molar-refractivity contribution < 1.29 is 8.83 Å². The summed E-state index contributed by atoms with van der Waals surface area (Å²) in [4.78, 5) is 12.0. The summed E-state index contributed by atoms with van der Waals surface area (Å²) in [6, 6.07) is 4.00. The van der Waals surface area contributed by atoms with Gasteiger partial charge in [-0.25, -0.2) is 4.79 Å². The highest BCUT2D eigenvalue weighted by molar-refractivity contribution is 5.97. The molecule has 3 aromatic rings. The molecule has 0 N–H and O–H groups in total. The van der Waals surface area contributed by atoms with Gasteiger partial charge < -0.3 is 8.83 Å². The lowest BCUT2D eigenvalue weighted by Gasteiger charge is -2.16. The number of benzene rings is 1. The van der Waals surface area contributed by atoms with Crippen LogP contribution < -0.4 is 5.63 Å². The fraction of sp³-hybridized carbons (Fsp3) is 0.389. The second kappa shape index (κ2) is 4.00. The number of aryl methyl sites for hydroxylation is 1. The summed E-state index contributed by atoms with van der Waals surface area (Å²) in [5, 5.41) is 2.19. The van der Waals surface area contributed by atoms with Crippen LogP contribution in [-0.2, 0) is 18.3 Å². The Bertz CT molecular complexity index is 919. The van der Waals surface area contributed by atoms with Gasteiger partial charge in [0, 0.05) is 28.0 Å². The molecule has 2 heterocycles. The molecule has 108 valence electrons. The second-order valence-electron chi connectivity index (χ2n) is 6.94. The van der Waals surface area contributed by atoms with Gasteiger partial charge >= 0.3 is 5.63 Å². The van der Waals surface area contributed by atoms with Crippen molar-refractivity contribution in [3.8, 4) is 0 Å². The molecule has 0 bridgehead atoms. The summed E-state index contributed by atoms with van der Waals surface area (Å²) >= 11 is 0. The fourth-order valence-electron chi connectivity index (χ4n) is 3.38. The summed E-state index contributed by atoms with van der Waals surface area (Å²) < 4.78 is 11.2. The van der Waals surface area contributed by atoms with Gasteiger partial charge in [0.1, 0.15) is 11.2 Å². The number of hydrogen-bond acceptors (Lipinski definition) is 3. The topological polar surface area (TPSA) is 43.4 Å². The van der Waals surface area contributed by atoms with E-state index in [1.165, 1.54) is 11.1 Å². The molecular formula is C18H18O3. The minimum atomic E-state index is -0.183. The van der Waals surface area contributed by atoms with Gasteiger partial charge in [0.15, 0.2) is 0 Å². The number of fused-ring (bicyclic) bond motifs is 4. The Morgan fingerprint density at radius 3 is 2.52 bits per heavy atom. The van der Waals surface area contributed by atoms with Crippen LogP contribution >= 0.6 is 0 Å². The van der Waals surface area contributed by atoms with Gasteiger partial charge in [-0.15, -0.1) is 0 Å². The molecule has 0 saturated carbocycles. The predicted molar refractivity (Wildman–Crippen MR) is 83.0 cm³/mol. The van der Waals surface area contributed by atoms with Crippen LogP contribution in [0.15, 0.2) is 32.0 Å². The fourth-order valence-corrected chi connectivity index (χ4v) is 3.38. The van der Waals surface area contributed by atoms with Gasteiger partial charge in [0.2, 0.25) is 0 Å². The van der Waals surface area contributed by atoms with Crippen LogP contribution in [-0.4, -0.2) is 0 Å². The van der Waals surface area contributed by atoms with E-state index in [2.05, 4.69) is 26.8 Å². The molecule has 0 unspecified atom stereocenters. The Labute approximate surface area is 122 Å². The maximum atomic E-state index is 12.0. The highest BCUT2D eigenvalue weighted by Gasteiger charge is 2.23. The van der Waals surface area contributed by atoms with Crippen LogP contribution in [0.25, 0.3) is 21.9 Å². The van der Waals surface area contributed by atoms with E-state index in [0.717, 1.165) is 41.2 Å². The molecule has 0 saturated heterocycles. The van der Waals surface area contributed by atoms with E-state index in [4.69, 9.17) is 8.83 Å². The lowest BCUT2D eigenvalue weighted by molar-refractivity contribution is 0.548. The third-order valence-electron chi connectivity index (χ3n) is 4.48. The van der Waals surface area contributed by atoms with Crippen molar-refractivity contribution in [1.82, 2.24) is 0 Å². The van der Waals surface area contributed by atoms with Gasteiger partial charge in [-0.2, -0.15) is 0 Å². The van der Waals surface area contributed by atoms with Gasteiger partial charge in [0.05, 0.1) is 6.26 Å². The van der Waals surface area contributed by atoms with Crippen molar-refractivity contribution in [2.45, 2.75) is 45.4 Å². The van der Waals surface area contributed by atoms with E-state index >= 15 is 0 Å². The smallest absolute Gasteiger partial charge is 0.339 e. The van der Waals surface area contributed by atoms with Gasteiger partial charge in [-0.3, -0.25) is 0 Å². The molecule has 0 aliphatic heterocycles. The summed E-state index contributed by atoms with van der Waals surface area (Å²) in [7, 11) is 0. The van der Waals surface area contributed by atoms with Gasteiger partial charge in [0.25, 0.3) is 0 Å². The van der Waals surface area contributed by atoms with Crippen LogP contribution in [0.4, 0.5) is 0 Å². The zero-order chi connectivity index (χ0) is 14.8. The maximum Gasteiger partial charge on any atom is 0.339 e. The molecule has 1 aliphatic carbocycles. The van der Waals surface area contributed by atoms with E-state index < -0.39 is 0 Å². The third kappa shape index (κ3) is 1.76. The molecule has 0 amide bonds. The van der Waals surface area contributed by atoms with E-state index in [1.54, 1.807) is 0 Å². The third-order valence-corrected chi connectivity index (χ3v) is 4.48. The molecule has 1 aliphatic rings. The molecule has 0 fully saturated rings. The molecule has 3 nitrogen and oxygen atoms in total. The lowest BCUT2D eigenvalue weighted by atomic mass is 9.86. The molecule has 21 heavy (non-hydrogen) atoms. The first kappa shape index (κ1) is 12.7. The molecule has 0 spiro atoms. The highest BCUT2D eigenvalue weighted by Crippen LogP contribution is 2.36. The molecule has 2 aromatic heterocycles. The first-order chi connectivity index (χ1) is 9.95. The molecule has 1 aromatic carbocycles. The maximum absolute atomic E-state index is 12.0. The minimum absolute atomic E-state index is 0.0255. The zero-order valence-electron chi connectivity index (χ0n) is 12.6. The first-order valence-electron chi connectivity index (χ1n) is 7.45. The minimum Gasteiger partial charge on any atom is -0.464 e. The standard InChI is InChI=1S/C18H18O3/c1-18(2,3)14-9-20-15-8-16-12(7-13(14)15)10-5-4-6-11(10)17(19)21-16/h7-9H,4-6H2,1-3H3. The summed E-state index contributed by atoms with van der Waals surface area (Å²) in [6.45, 7) is 6.53. The van der Waals surface area contributed by atoms with Crippen molar-refractivity contribution in [2.75, 3.05) is 0 Å². The summed E-state index contributed by atoms with van der Waals surface area (Å²) in [5.41, 5.74) is 4.50. The van der Waals surface area contributed by atoms with Crippen LogP contribution in [0.1, 0.15) is 43.9 Å². The van der Waals surface area contributed by atoms with Crippen LogP contribution in [0, 0.1) is 0 Å². The Hall–Kier alpha value is -2.03. The Morgan fingerprint density at radius 2 is 1.76 bits per heavy atom. The average molecular weight is 282 g/mol. The predicted octanol–water partition coefficient (Wildman–Crippen LogP) is 4.33. The Morgan fingerprint density at radius 1 is 1.00 bits per heavy atom. The first-order valence-corrected chi connectivity index (χ1v) is 7.45. The lowest BCUT2D eigenvalue weighted by Crippen LogP contribution is -2.10. The number of furan rings is 1. The second-order valence-corrected chi connectivity index (χ2v) is 6.94. The summed E-state index contributed by atoms with van der Waals surface area (Å²) in [6.07, 6.45) is 4.66. The Balaban J connectivity index is 2.13. The molecule has 4 rings (SSSR count). The number of hydrogen-bond donors (Lipinski definition) is 0. The van der Waals surface area contributed by atoms with Crippen LogP contribution in [0.5, 0.6) is 0 Å². The van der Waals surface area contributed by atoms with E-state index in [9.17, 15) is 4.79 Å². The molecule has 0 radical (unpaired) electrons. The normalized spacial score (nSPS) is 15.0. The Kier molecular flexibility index (Phi) is 2.42. The van der Waals surface area contributed by atoms with Crippen molar-refractivity contribution in [3.05, 3.63) is 45.5 Å². The van der Waals surface area contributed by atoms with Crippen molar-refractivity contribution in [1.29, 1.82) is 0 Å². The SMILES string of the molecule is CC(C)(C)c1coc2cc3oc(=O)c4c(c3cc12)CCC4. The van der Waals surface area contributed by atoms with E-state index in [0.29, 0.717) is 5.58 Å². The van der Waals surface area contributed by atoms with Crippen molar-refractivity contribution >= 4 is 21.9 Å². The monoisotopic (exact) mass is 282 g/mol. The van der Waals surface area contributed by atoms with Crippen molar-refractivity contribution in [3.63, 3.8) is 0 Å². The largest absolute Gasteiger partial charge is 0.464 e. The number of rotatable bonds is 0. The quantitative estimate of drug-likeness (QED) is 0.576. The average Bonchev–Trinajstić information content (AvgIpc) is 3.02.